The number of hydrogen-bond acceptors (Lipinski definition) is 5. The molecular formula is C19H21BrN4O3. The van der Waals surface area contributed by atoms with Gasteiger partial charge in [-0.3, -0.25) is 9.69 Å². The van der Waals surface area contributed by atoms with Crippen LogP contribution in [-0.4, -0.2) is 44.5 Å². The van der Waals surface area contributed by atoms with Crippen LogP contribution in [-0.2, 0) is 11.3 Å². The zero-order chi connectivity index (χ0) is 19.0. The number of hydrogen-bond donors (Lipinski definition) is 0. The second-order valence-electron chi connectivity index (χ2n) is 6.97. The Morgan fingerprint density at radius 1 is 1.26 bits per heavy atom. The van der Waals surface area contributed by atoms with E-state index in [2.05, 4.69) is 26.1 Å². The SMILES string of the molecule is CCN1C(=O)C2CCCCC2N(Cc2nc(-c3cccc(Br)c3)no2)C1=O. The number of amides is 3. The molecule has 4 rings (SSSR count). The van der Waals surface area contributed by atoms with Crippen molar-refractivity contribution < 1.29 is 14.1 Å². The molecule has 142 valence electrons. The number of benzene rings is 1. The van der Waals surface area contributed by atoms with E-state index in [0.29, 0.717) is 18.3 Å². The van der Waals surface area contributed by atoms with E-state index in [4.69, 9.17) is 4.52 Å². The van der Waals surface area contributed by atoms with Gasteiger partial charge in [0.25, 0.3) is 0 Å². The van der Waals surface area contributed by atoms with E-state index >= 15 is 0 Å². The summed E-state index contributed by atoms with van der Waals surface area (Å²) in [6, 6.07) is 7.31. The smallest absolute Gasteiger partial charge is 0.327 e. The molecule has 1 aromatic carbocycles. The fraction of sp³-hybridized carbons (Fsp3) is 0.474. The Bertz CT molecular complexity index is 868. The first kappa shape index (κ1) is 18.2. The van der Waals surface area contributed by atoms with Crippen molar-refractivity contribution in [2.75, 3.05) is 6.54 Å². The largest absolute Gasteiger partial charge is 0.337 e. The Kier molecular flexibility index (Phi) is 4.99. The maximum Gasteiger partial charge on any atom is 0.327 e. The quantitative estimate of drug-likeness (QED) is 0.732. The Labute approximate surface area is 165 Å². The first-order chi connectivity index (χ1) is 13.1. The lowest BCUT2D eigenvalue weighted by molar-refractivity contribution is -0.140. The predicted molar refractivity (Wildman–Crippen MR) is 102 cm³/mol. The van der Waals surface area contributed by atoms with E-state index in [1.807, 2.05) is 31.2 Å². The van der Waals surface area contributed by atoms with Gasteiger partial charge in [0.05, 0.1) is 5.92 Å². The average Bonchev–Trinajstić information content (AvgIpc) is 3.14. The van der Waals surface area contributed by atoms with Crippen LogP contribution in [0, 0.1) is 5.92 Å². The summed E-state index contributed by atoms with van der Waals surface area (Å²) in [6.07, 6.45) is 3.72. The summed E-state index contributed by atoms with van der Waals surface area (Å²) in [5.74, 6) is 0.708. The van der Waals surface area contributed by atoms with Crippen LogP contribution in [0.3, 0.4) is 0 Å². The van der Waals surface area contributed by atoms with Crippen molar-refractivity contribution in [3.05, 3.63) is 34.6 Å². The summed E-state index contributed by atoms with van der Waals surface area (Å²) in [6.45, 7) is 2.44. The maximum atomic E-state index is 12.9. The molecule has 8 heteroatoms. The van der Waals surface area contributed by atoms with Crippen LogP contribution in [0.25, 0.3) is 11.4 Å². The number of halogens is 1. The summed E-state index contributed by atoms with van der Waals surface area (Å²) in [5.41, 5.74) is 0.838. The lowest BCUT2D eigenvalue weighted by Gasteiger charge is -2.46. The fourth-order valence-electron chi connectivity index (χ4n) is 4.05. The third-order valence-corrected chi connectivity index (χ3v) is 5.86. The molecule has 0 bridgehead atoms. The van der Waals surface area contributed by atoms with E-state index < -0.39 is 0 Å². The molecule has 1 aliphatic carbocycles. The van der Waals surface area contributed by atoms with Crippen LogP contribution in [0.1, 0.15) is 38.5 Å². The minimum atomic E-state index is -0.257. The highest BCUT2D eigenvalue weighted by Crippen LogP contribution is 2.35. The molecule has 27 heavy (non-hydrogen) atoms. The second kappa shape index (κ2) is 7.42. The van der Waals surface area contributed by atoms with Gasteiger partial charge in [0.15, 0.2) is 0 Å². The molecule has 2 unspecified atom stereocenters. The van der Waals surface area contributed by atoms with Crippen LogP contribution < -0.4 is 0 Å². The number of imide groups is 1. The summed E-state index contributed by atoms with van der Waals surface area (Å²) in [5, 5.41) is 4.05. The molecule has 0 N–H and O–H groups in total. The Hall–Kier alpha value is -2.22. The zero-order valence-electron chi connectivity index (χ0n) is 15.1. The van der Waals surface area contributed by atoms with Gasteiger partial charge in [-0.2, -0.15) is 4.98 Å². The van der Waals surface area contributed by atoms with Crippen molar-refractivity contribution in [1.82, 2.24) is 19.9 Å². The number of rotatable bonds is 4. The van der Waals surface area contributed by atoms with Gasteiger partial charge in [-0.05, 0) is 31.9 Å². The number of urea groups is 1. The predicted octanol–water partition coefficient (Wildman–Crippen LogP) is 3.84. The molecule has 2 atom stereocenters. The number of carbonyl (C=O) groups is 2. The van der Waals surface area contributed by atoms with Crippen LogP contribution in [0.4, 0.5) is 4.79 Å². The van der Waals surface area contributed by atoms with E-state index in [1.54, 1.807) is 4.90 Å². The first-order valence-electron chi connectivity index (χ1n) is 9.29. The molecule has 1 aliphatic heterocycles. The first-order valence-corrected chi connectivity index (χ1v) is 10.1. The van der Waals surface area contributed by atoms with E-state index in [1.165, 1.54) is 4.90 Å². The lowest BCUT2D eigenvalue weighted by Crippen LogP contribution is -2.61. The fourth-order valence-corrected chi connectivity index (χ4v) is 4.45. The molecule has 1 saturated heterocycles. The van der Waals surface area contributed by atoms with E-state index in [0.717, 1.165) is 35.7 Å². The van der Waals surface area contributed by atoms with Crippen molar-refractivity contribution in [1.29, 1.82) is 0 Å². The molecule has 2 aromatic rings. The Morgan fingerprint density at radius 2 is 2.07 bits per heavy atom. The normalized spacial score (nSPS) is 22.9. The summed E-state index contributed by atoms with van der Waals surface area (Å²) < 4.78 is 6.34. The standard InChI is InChI=1S/C19H21BrN4O3/c1-2-23-18(25)14-8-3-4-9-15(14)24(19(23)26)11-16-21-17(22-27-16)12-6-5-7-13(20)10-12/h5-7,10,14-15H,2-4,8-9,11H2,1H3. The van der Waals surface area contributed by atoms with Crippen LogP contribution in [0.2, 0.25) is 0 Å². The molecule has 1 aromatic heterocycles. The van der Waals surface area contributed by atoms with E-state index in [9.17, 15) is 9.59 Å². The van der Waals surface area contributed by atoms with Crippen molar-refractivity contribution in [3.8, 4) is 11.4 Å². The molecule has 3 amide bonds. The average molecular weight is 433 g/mol. The van der Waals surface area contributed by atoms with Crippen LogP contribution in [0.15, 0.2) is 33.3 Å². The van der Waals surface area contributed by atoms with Crippen molar-refractivity contribution in [2.24, 2.45) is 5.92 Å². The third-order valence-electron chi connectivity index (χ3n) is 5.36. The zero-order valence-corrected chi connectivity index (χ0v) is 16.7. The molecule has 2 heterocycles. The van der Waals surface area contributed by atoms with Gasteiger partial charge in [-0.15, -0.1) is 0 Å². The van der Waals surface area contributed by atoms with Gasteiger partial charge >= 0.3 is 6.03 Å². The highest BCUT2D eigenvalue weighted by Gasteiger charge is 2.46. The summed E-state index contributed by atoms with van der Waals surface area (Å²) >= 11 is 3.44. The van der Waals surface area contributed by atoms with Crippen molar-refractivity contribution in [3.63, 3.8) is 0 Å². The number of fused-ring (bicyclic) bond motifs is 1. The highest BCUT2D eigenvalue weighted by atomic mass is 79.9. The highest BCUT2D eigenvalue weighted by molar-refractivity contribution is 9.10. The Balaban J connectivity index is 1.59. The molecule has 2 fully saturated rings. The molecule has 7 nitrogen and oxygen atoms in total. The number of carbonyl (C=O) groups excluding carboxylic acids is 2. The van der Waals surface area contributed by atoms with Gasteiger partial charge in [0.2, 0.25) is 17.6 Å². The molecule has 0 spiro atoms. The minimum absolute atomic E-state index is 0.0381. The second-order valence-corrected chi connectivity index (χ2v) is 7.89. The van der Waals surface area contributed by atoms with Crippen LogP contribution >= 0.6 is 15.9 Å². The van der Waals surface area contributed by atoms with Gasteiger partial charge in [0, 0.05) is 22.6 Å². The molecular weight excluding hydrogens is 412 g/mol. The topological polar surface area (TPSA) is 79.5 Å². The van der Waals surface area contributed by atoms with E-state index in [-0.39, 0.29) is 30.4 Å². The van der Waals surface area contributed by atoms with Gasteiger partial charge in [-0.1, -0.05) is 46.1 Å². The summed E-state index contributed by atoms with van der Waals surface area (Å²) in [7, 11) is 0. The number of aromatic nitrogens is 2. The Morgan fingerprint density at radius 3 is 2.85 bits per heavy atom. The van der Waals surface area contributed by atoms with Crippen LogP contribution in [0.5, 0.6) is 0 Å². The maximum absolute atomic E-state index is 12.9. The van der Waals surface area contributed by atoms with Gasteiger partial charge < -0.3 is 9.42 Å². The number of nitrogens with zero attached hydrogens (tertiary/aromatic N) is 4. The summed E-state index contributed by atoms with van der Waals surface area (Å²) in [4.78, 5) is 33.1. The third kappa shape index (κ3) is 3.38. The minimum Gasteiger partial charge on any atom is -0.337 e. The van der Waals surface area contributed by atoms with Crippen molar-refractivity contribution in [2.45, 2.75) is 45.2 Å². The monoisotopic (exact) mass is 432 g/mol. The van der Waals surface area contributed by atoms with Crippen molar-refractivity contribution >= 4 is 27.9 Å². The molecule has 0 radical (unpaired) electrons. The van der Waals surface area contributed by atoms with Gasteiger partial charge in [-0.25, -0.2) is 4.79 Å². The van der Waals surface area contributed by atoms with Gasteiger partial charge in [0.1, 0.15) is 6.54 Å². The molecule has 2 aliphatic rings. The lowest BCUT2D eigenvalue weighted by atomic mass is 9.81. The molecule has 1 saturated carbocycles.